The highest BCUT2D eigenvalue weighted by Gasteiger charge is 2.39. The van der Waals surface area contributed by atoms with E-state index < -0.39 is 15.9 Å². The molecule has 4 heterocycles. The van der Waals surface area contributed by atoms with Gasteiger partial charge < -0.3 is 14.2 Å². The van der Waals surface area contributed by atoms with Crippen molar-refractivity contribution in [2.75, 3.05) is 18.1 Å². The van der Waals surface area contributed by atoms with Crippen molar-refractivity contribution >= 4 is 21.7 Å². The summed E-state index contributed by atoms with van der Waals surface area (Å²) in [6, 6.07) is 11.5. The zero-order valence-corrected chi connectivity index (χ0v) is 22.1. The maximum atomic E-state index is 13.2. The predicted octanol–water partition coefficient (Wildman–Crippen LogP) is 3.84. The number of rotatable bonds is 8. The Hall–Kier alpha value is -3.40. The van der Waals surface area contributed by atoms with Gasteiger partial charge in [0.25, 0.3) is 15.9 Å². The summed E-state index contributed by atoms with van der Waals surface area (Å²) in [5.74, 6) is 0.295. The van der Waals surface area contributed by atoms with Crippen LogP contribution in [0.4, 0.5) is 5.82 Å². The van der Waals surface area contributed by atoms with Gasteiger partial charge in [-0.1, -0.05) is 13.0 Å². The molecule has 36 heavy (non-hydrogen) atoms. The van der Waals surface area contributed by atoms with Gasteiger partial charge in [-0.2, -0.15) is 13.4 Å². The molecule has 1 unspecified atom stereocenters. The predicted molar refractivity (Wildman–Crippen MR) is 138 cm³/mol. The Morgan fingerprint density at radius 3 is 2.56 bits per heavy atom. The molecule has 0 radical (unpaired) electrons. The van der Waals surface area contributed by atoms with Gasteiger partial charge in [-0.05, 0) is 70.4 Å². The zero-order valence-electron chi connectivity index (χ0n) is 21.3. The molecule has 1 saturated heterocycles. The van der Waals surface area contributed by atoms with Gasteiger partial charge in [0.1, 0.15) is 12.4 Å². The fraction of sp³-hybridized carbons (Fsp3) is 0.423. The smallest absolute Gasteiger partial charge is 0.281 e. The molecule has 0 bridgehead atoms. The molecular formula is C26H33N5O4S. The Bertz CT molecular complexity index is 1340. The van der Waals surface area contributed by atoms with Crippen molar-refractivity contribution in [3.63, 3.8) is 0 Å². The molecule has 9 nitrogen and oxygen atoms in total. The first-order valence-electron chi connectivity index (χ1n) is 11.9. The molecule has 1 N–H and O–H groups in total. The van der Waals surface area contributed by atoms with Gasteiger partial charge in [-0.3, -0.25) is 4.79 Å². The molecule has 1 amide bonds. The molecule has 0 spiro atoms. The number of hydrogen-bond acceptors (Lipinski definition) is 7. The molecule has 1 atom stereocenters. The Balaban J connectivity index is 1.52. The minimum atomic E-state index is -4.25. The molecule has 0 saturated carbocycles. The van der Waals surface area contributed by atoms with Gasteiger partial charge in [-0.15, -0.1) is 0 Å². The van der Waals surface area contributed by atoms with Gasteiger partial charge in [0.2, 0.25) is 5.88 Å². The van der Waals surface area contributed by atoms with E-state index in [0.717, 1.165) is 13.0 Å². The van der Waals surface area contributed by atoms with Crippen molar-refractivity contribution in [3.8, 4) is 5.88 Å². The van der Waals surface area contributed by atoms with E-state index in [4.69, 9.17) is 4.74 Å². The molecule has 1 fully saturated rings. The second-order valence-corrected chi connectivity index (χ2v) is 12.2. The number of anilines is 1. The Morgan fingerprint density at radius 1 is 1.17 bits per heavy atom. The minimum Gasteiger partial charge on any atom is -0.475 e. The summed E-state index contributed by atoms with van der Waals surface area (Å²) in [6.45, 7) is 11.3. The van der Waals surface area contributed by atoms with E-state index in [2.05, 4.69) is 40.4 Å². The van der Waals surface area contributed by atoms with Crippen molar-refractivity contribution < 1.29 is 17.9 Å². The zero-order chi connectivity index (χ0) is 26.1. The number of pyridine rings is 2. The van der Waals surface area contributed by atoms with E-state index in [1.807, 2.05) is 42.9 Å². The van der Waals surface area contributed by atoms with Gasteiger partial charge in [-0.25, -0.2) is 9.71 Å². The lowest BCUT2D eigenvalue weighted by molar-refractivity contribution is 0.0981. The Labute approximate surface area is 212 Å². The van der Waals surface area contributed by atoms with E-state index in [1.54, 1.807) is 24.4 Å². The lowest BCUT2D eigenvalue weighted by Gasteiger charge is -2.33. The van der Waals surface area contributed by atoms with E-state index in [-0.39, 0.29) is 34.2 Å². The molecule has 1 aliphatic heterocycles. The fourth-order valence-corrected chi connectivity index (χ4v) is 5.59. The number of carbonyl (C=O) groups excluding carboxylic acids is 1. The van der Waals surface area contributed by atoms with E-state index in [9.17, 15) is 13.2 Å². The maximum absolute atomic E-state index is 13.2. The molecule has 192 valence electrons. The molecule has 1 aliphatic rings. The molecular weight excluding hydrogens is 478 g/mol. The van der Waals surface area contributed by atoms with Crippen LogP contribution in [0.25, 0.3) is 0 Å². The highest BCUT2D eigenvalue weighted by atomic mass is 32.2. The van der Waals surface area contributed by atoms with Crippen LogP contribution in [0.1, 0.15) is 51.4 Å². The second kappa shape index (κ2) is 9.57. The van der Waals surface area contributed by atoms with Crippen LogP contribution in [0, 0.1) is 5.92 Å². The Morgan fingerprint density at radius 2 is 1.89 bits per heavy atom. The molecule has 3 aromatic heterocycles. The highest BCUT2D eigenvalue weighted by molar-refractivity contribution is 7.90. The number of nitrogens with zero attached hydrogens (tertiary/aromatic N) is 4. The number of amides is 1. The van der Waals surface area contributed by atoms with Crippen LogP contribution in [-0.4, -0.2) is 47.6 Å². The first-order valence-corrected chi connectivity index (χ1v) is 13.4. The number of aromatic nitrogens is 3. The second-order valence-electron chi connectivity index (χ2n) is 10.5. The SMILES string of the molecule is CC1CN(c2ncccc2C(=O)NS(=O)(=O)c2cccc(OCC(C)(C)n3cccc3)n2)C(C)(C)C1. The molecule has 0 aliphatic carbocycles. The van der Waals surface area contributed by atoms with Gasteiger partial charge in [0.15, 0.2) is 5.03 Å². The Kier molecular flexibility index (Phi) is 6.83. The topological polar surface area (TPSA) is 106 Å². The summed E-state index contributed by atoms with van der Waals surface area (Å²) in [4.78, 5) is 23.8. The van der Waals surface area contributed by atoms with Crippen LogP contribution in [-0.2, 0) is 15.6 Å². The third-order valence-electron chi connectivity index (χ3n) is 6.44. The van der Waals surface area contributed by atoms with E-state index >= 15 is 0 Å². The van der Waals surface area contributed by atoms with Crippen molar-refractivity contribution in [2.45, 2.75) is 57.1 Å². The molecule has 10 heteroatoms. The summed E-state index contributed by atoms with van der Waals surface area (Å²) in [7, 11) is -4.25. The summed E-state index contributed by atoms with van der Waals surface area (Å²) in [5, 5.41) is -0.298. The third kappa shape index (κ3) is 5.38. The lowest BCUT2D eigenvalue weighted by atomic mass is 9.97. The van der Waals surface area contributed by atoms with E-state index in [1.165, 1.54) is 12.1 Å². The molecule has 4 rings (SSSR count). The van der Waals surface area contributed by atoms with Crippen LogP contribution >= 0.6 is 0 Å². The van der Waals surface area contributed by atoms with Gasteiger partial charge in [0.05, 0.1) is 11.1 Å². The maximum Gasteiger partial charge on any atom is 0.281 e. The fourth-order valence-electron chi connectivity index (χ4n) is 4.67. The average molecular weight is 512 g/mol. The van der Waals surface area contributed by atoms with Crippen molar-refractivity contribution in [3.05, 3.63) is 66.6 Å². The summed E-state index contributed by atoms with van der Waals surface area (Å²) in [6.07, 6.45) is 6.42. The summed E-state index contributed by atoms with van der Waals surface area (Å²) >= 11 is 0. The minimum absolute atomic E-state index is 0.153. The van der Waals surface area contributed by atoms with Gasteiger partial charge in [0, 0.05) is 36.7 Å². The third-order valence-corrected chi connectivity index (χ3v) is 7.67. The standard InChI is InChI=1S/C26H33N5O4S/c1-19-16-25(2,3)31(17-19)23-20(10-9-13-27-23)24(32)29-36(33,34)22-12-8-11-21(28-22)35-18-26(4,5)30-14-6-7-15-30/h6-15,19H,16-18H2,1-5H3,(H,29,32). The van der Waals surface area contributed by atoms with Gasteiger partial charge >= 0.3 is 0 Å². The highest BCUT2D eigenvalue weighted by Crippen LogP contribution is 2.37. The normalized spacial score (nSPS) is 17.7. The number of sulfonamides is 1. The number of carbonyl (C=O) groups is 1. The van der Waals surface area contributed by atoms with Crippen LogP contribution in [0.3, 0.4) is 0 Å². The lowest BCUT2D eigenvalue weighted by Crippen LogP contribution is -2.41. The largest absolute Gasteiger partial charge is 0.475 e. The van der Waals surface area contributed by atoms with E-state index in [0.29, 0.717) is 11.7 Å². The van der Waals surface area contributed by atoms with Crippen LogP contribution in [0.5, 0.6) is 5.88 Å². The van der Waals surface area contributed by atoms with Crippen molar-refractivity contribution in [1.29, 1.82) is 0 Å². The molecule has 3 aromatic rings. The van der Waals surface area contributed by atoms with Crippen molar-refractivity contribution in [1.82, 2.24) is 19.3 Å². The van der Waals surface area contributed by atoms with Crippen LogP contribution in [0.15, 0.2) is 66.1 Å². The quantitative estimate of drug-likeness (QED) is 0.490. The van der Waals surface area contributed by atoms with Crippen molar-refractivity contribution in [2.24, 2.45) is 5.92 Å². The summed E-state index contributed by atoms with van der Waals surface area (Å²) in [5.41, 5.74) is -0.376. The average Bonchev–Trinajstić information content (AvgIpc) is 3.45. The van der Waals surface area contributed by atoms with Crippen LogP contribution in [0.2, 0.25) is 0 Å². The first-order chi connectivity index (χ1) is 16.9. The molecule has 0 aromatic carbocycles. The number of hydrogen-bond donors (Lipinski definition) is 1. The number of nitrogens with one attached hydrogen (secondary N) is 1. The first kappa shape index (κ1) is 25.7. The number of ether oxygens (including phenoxy) is 1. The summed E-state index contributed by atoms with van der Waals surface area (Å²) < 4.78 is 36.1. The monoisotopic (exact) mass is 511 g/mol. The van der Waals surface area contributed by atoms with Crippen LogP contribution < -0.4 is 14.4 Å².